The number of anilines is 1. The molecule has 21 heavy (non-hydrogen) atoms. The standard InChI is InChI=1S/C14H22N2O4S/c1-14(2,3)15-21(19,20)16(11-7-10-13(17)18)12-8-5-4-6-9-12/h4-6,8-9,15H,7,10-11H2,1-3H3,(H,17,18). The Hall–Kier alpha value is -1.60. The highest BCUT2D eigenvalue weighted by Crippen LogP contribution is 2.19. The predicted molar refractivity (Wildman–Crippen MR) is 82.5 cm³/mol. The van der Waals surface area contributed by atoms with Crippen LogP contribution < -0.4 is 9.03 Å². The zero-order valence-corrected chi connectivity index (χ0v) is 13.4. The Morgan fingerprint density at radius 2 is 1.81 bits per heavy atom. The van der Waals surface area contributed by atoms with Gasteiger partial charge in [-0.1, -0.05) is 18.2 Å². The highest BCUT2D eigenvalue weighted by Gasteiger charge is 2.27. The number of hydrogen-bond donors (Lipinski definition) is 2. The van der Waals surface area contributed by atoms with Gasteiger partial charge in [-0.2, -0.15) is 13.1 Å². The van der Waals surface area contributed by atoms with E-state index in [0.717, 1.165) is 0 Å². The van der Waals surface area contributed by atoms with Gasteiger partial charge in [-0.3, -0.25) is 9.10 Å². The fraction of sp³-hybridized carbons (Fsp3) is 0.500. The first kappa shape index (κ1) is 17.5. The van der Waals surface area contributed by atoms with Gasteiger partial charge in [-0.05, 0) is 39.3 Å². The normalized spacial score (nSPS) is 12.1. The number of hydrogen-bond acceptors (Lipinski definition) is 3. The minimum Gasteiger partial charge on any atom is -0.481 e. The molecule has 7 heteroatoms. The summed E-state index contributed by atoms with van der Waals surface area (Å²) in [5, 5.41) is 8.70. The fourth-order valence-corrected chi connectivity index (χ4v) is 3.45. The zero-order valence-electron chi connectivity index (χ0n) is 12.5. The Bertz CT molecular complexity index is 564. The summed E-state index contributed by atoms with van der Waals surface area (Å²) in [6.45, 7) is 5.38. The predicted octanol–water partition coefficient (Wildman–Crippen LogP) is 1.99. The van der Waals surface area contributed by atoms with Gasteiger partial charge in [0.05, 0.1) is 5.69 Å². The van der Waals surface area contributed by atoms with Crippen LogP contribution in [-0.4, -0.2) is 31.6 Å². The lowest BCUT2D eigenvalue weighted by atomic mass is 10.1. The van der Waals surface area contributed by atoms with Gasteiger partial charge in [-0.15, -0.1) is 0 Å². The summed E-state index contributed by atoms with van der Waals surface area (Å²) in [5.74, 6) is -0.941. The van der Waals surface area contributed by atoms with Crippen molar-refractivity contribution >= 4 is 21.9 Å². The van der Waals surface area contributed by atoms with E-state index in [1.807, 2.05) is 0 Å². The molecular weight excluding hydrogens is 292 g/mol. The summed E-state index contributed by atoms with van der Waals surface area (Å²) in [4.78, 5) is 10.6. The molecule has 0 radical (unpaired) electrons. The number of carbonyl (C=O) groups is 1. The van der Waals surface area contributed by atoms with Crippen LogP contribution in [0.25, 0.3) is 0 Å². The fourth-order valence-electron chi connectivity index (χ4n) is 1.80. The lowest BCUT2D eigenvalue weighted by Gasteiger charge is -2.29. The Labute approximate surface area is 126 Å². The van der Waals surface area contributed by atoms with Crippen molar-refractivity contribution in [2.45, 2.75) is 39.2 Å². The number of nitrogens with one attached hydrogen (secondary N) is 1. The van der Waals surface area contributed by atoms with E-state index in [1.165, 1.54) is 4.31 Å². The van der Waals surface area contributed by atoms with Crippen molar-refractivity contribution in [2.24, 2.45) is 0 Å². The van der Waals surface area contributed by atoms with Crippen LogP contribution in [0.1, 0.15) is 33.6 Å². The molecule has 1 rings (SSSR count). The van der Waals surface area contributed by atoms with Crippen molar-refractivity contribution in [1.82, 2.24) is 4.72 Å². The Morgan fingerprint density at radius 3 is 2.29 bits per heavy atom. The molecule has 0 fully saturated rings. The molecule has 0 amide bonds. The maximum Gasteiger partial charge on any atom is 0.303 e. The van der Waals surface area contributed by atoms with E-state index >= 15 is 0 Å². The maximum absolute atomic E-state index is 12.5. The summed E-state index contributed by atoms with van der Waals surface area (Å²) < 4.78 is 28.8. The summed E-state index contributed by atoms with van der Waals surface area (Å²) >= 11 is 0. The molecule has 0 unspecified atom stereocenters. The first-order valence-corrected chi connectivity index (χ1v) is 8.14. The molecule has 6 nitrogen and oxygen atoms in total. The van der Waals surface area contributed by atoms with Crippen molar-refractivity contribution in [3.63, 3.8) is 0 Å². The smallest absolute Gasteiger partial charge is 0.303 e. The number of carboxylic acid groups (broad SMARTS) is 1. The van der Waals surface area contributed by atoms with Crippen LogP contribution in [0, 0.1) is 0 Å². The van der Waals surface area contributed by atoms with Gasteiger partial charge in [0.2, 0.25) is 0 Å². The molecule has 118 valence electrons. The quantitative estimate of drug-likeness (QED) is 0.806. The minimum absolute atomic E-state index is 0.0750. The van der Waals surface area contributed by atoms with E-state index in [2.05, 4.69) is 4.72 Å². The maximum atomic E-state index is 12.5. The number of nitrogens with zero attached hydrogens (tertiary/aromatic N) is 1. The van der Waals surface area contributed by atoms with Crippen LogP contribution in [0.15, 0.2) is 30.3 Å². The van der Waals surface area contributed by atoms with Crippen molar-refractivity contribution in [3.05, 3.63) is 30.3 Å². The summed E-state index contributed by atoms with van der Waals surface area (Å²) in [5.41, 5.74) is -0.0989. The third-order valence-electron chi connectivity index (χ3n) is 2.52. The van der Waals surface area contributed by atoms with Gasteiger partial charge in [0.1, 0.15) is 0 Å². The molecule has 1 aromatic rings. The largest absolute Gasteiger partial charge is 0.481 e. The molecular formula is C14H22N2O4S. The second-order valence-electron chi connectivity index (χ2n) is 5.76. The van der Waals surface area contributed by atoms with E-state index < -0.39 is 21.7 Å². The van der Waals surface area contributed by atoms with Crippen LogP contribution >= 0.6 is 0 Å². The van der Waals surface area contributed by atoms with Gasteiger partial charge >= 0.3 is 16.2 Å². The van der Waals surface area contributed by atoms with Crippen LogP contribution in [0.2, 0.25) is 0 Å². The van der Waals surface area contributed by atoms with E-state index in [9.17, 15) is 13.2 Å². The third kappa shape index (κ3) is 6.14. The van der Waals surface area contributed by atoms with Crippen LogP contribution in [0.3, 0.4) is 0 Å². The van der Waals surface area contributed by atoms with Gasteiger partial charge < -0.3 is 5.11 Å². The third-order valence-corrected chi connectivity index (χ3v) is 4.37. The van der Waals surface area contributed by atoms with Crippen LogP contribution in [0.4, 0.5) is 5.69 Å². The van der Waals surface area contributed by atoms with E-state index in [1.54, 1.807) is 51.1 Å². The number of rotatable bonds is 7. The van der Waals surface area contributed by atoms with Crippen molar-refractivity contribution in [1.29, 1.82) is 0 Å². The average molecular weight is 314 g/mol. The molecule has 2 N–H and O–H groups in total. The molecule has 0 aliphatic heterocycles. The molecule has 0 aliphatic carbocycles. The average Bonchev–Trinajstić information content (AvgIpc) is 2.32. The van der Waals surface area contributed by atoms with Crippen molar-refractivity contribution in [3.8, 4) is 0 Å². The highest BCUT2D eigenvalue weighted by molar-refractivity contribution is 7.90. The molecule has 1 aromatic carbocycles. The minimum atomic E-state index is -3.74. The van der Waals surface area contributed by atoms with E-state index in [0.29, 0.717) is 5.69 Å². The summed E-state index contributed by atoms with van der Waals surface area (Å²) in [6, 6.07) is 8.65. The first-order chi connectivity index (χ1) is 9.62. The van der Waals surface area contributed by atoms with Crippen LogP contribution in [-0.2, 0) is 15.0 Å². The molecule has 0 aliphatic rings. The number of benzene rings is 1. The lowest BCUT2D eigenvalue weighted by Crippen LogP contribution is -2.49. The molecule has 0 saturated carbocycles. The zero-order chi connectivity index (χ0) is 16.1. The van der Waals surface area contributed by atoms with E-state index in [-0.39, 0.29) is 19.4 Å². The summed E-state index contributed by atoms with van der Waals surface area (Å²) in [6.07, 6.45) is 0.170. The first-order valence-electron chi connectivity index (χ1n) is 6.70. The van der Waals surface area contributed by atoms with Gasteiger partial charge in [0, 0.05) is 18.5 Å². The molecule has 0 heterocycles. The second-order valence-corrected chi connectivity index (χ2v) is 7.36. The van der Waals surface area contributed by atoms with E-state index in [4.69, 9.17) is 5.11 Å². The number of carboxylic acids is 1. The van der Waals surface area contributed by atoms with Crippen molar-refractivity contribution in [2.75, 3.05) is 10.8 Å². The Kier molecular flexibility index (Phi) is 5.74. The Balaban J connectivity index is 2.99. The Morgan fingerprint density at radius 1 is 1.24 bits per heavy atom. The monoisotopic (exact) mass is 314 g/mol. The second kappa shape index (κ2) is 6.91. The molecule has 0 saturated heterocycles. The molecule has 0 spiro atoms. The van der Waals surface area contributed by atoms with Gasteiger partial charge in [0.25, 0.3) is 0 Å². The van der Waals surface area contributed by atoms with Gasteiger partial charge in [-0.25, -0.2) is 0 Å². The van der Waals surface area contributed by atoms with Crippen LogP contribution in [0.5, 0.6) is 0 Å². The van der Waals surface area contributed by atoms with Crippen molar-refractivity contribution < 1.29 is 18.3 Å². The topological polar surface area (TPSA) is 86.7 Å². The SMILES string of the molecule is CC(C)(C)NS(=O)(=O)N(CCCC(=O)O)c1ccccc1. The lowest BCUT2D eigenvalue weighted by molar-refractivity contribution is -0.137. The number of aliphatic carboxylic acids is 1. The molecule has 0 aromatic heterocycles. The van der Waals surface area contributed by atoms with Gasteiger partial charge in [0.15, 0.2) is 0 Å². The highest BCUT2D eigenvalue weighted by atomic mass is 32.2. The molecule has 0 atom stereocenters. The number of para-hydroxylation sites is 1. The molecule has 0 bridgehead atoms. The summed E-state index contributed by atoms with van der Waals surface area (Å²) in [7, 11) is -3.74.